The summed E-state index contributed by atoms with van der Waals surface area (Å²) in [6, 6.07) is 7.16. The Kier molecular flexibility index (Phi) is 6.18. The summed E-state index contributed by atoms with van der Waals surface area (Å²) < 4.78 is 0. The highest BCUT2D eigenvalue weighted by Gasteiger charge is 2.23. The van der Waals surface area contributed by atoms with Gasteiger partial charge in [0, 0.05) is 24.9 Å². The number of amides is 2. The highest BCUT2D eigenvalue weighted by atomic mass is 16.3. The second-order valence-corrected chi connectivity index (χ2v) is 4.99. The summed E-state index contributed by atoms with van der Waals surface area (Å²) in [6.45, 7) is 6.00. The van der Waals surface area contributed by atoms with Gasteiger partial charge in [-0.2, -0.15) is 0 Å². The van der Waals surface area contributed by atoms with Crippen molar-refractivity contribution in [3.05, 3.63) is 29.8 Å². The van der Waals surface area contributed by atoms with Gasteiger partial charge in [-0.15, -0.1) is 0 Å². The van der Waals surface area contributed by atoms with Crippen LogP contribution < -0.4 is 5.32 Å². The molecule has 0 unspecified atom stereocenters. The van der Waals surface area contributed by atoms with Crippen molar-refractivity contribution in [2.45, 2.75) is 33.2 Å². The lowest BCUT2D eigenvalue weighted by molar-refractivity contribution is -0.144. The lowest BCUT2D eigenvalue weighted by atomic mass is 10.2. The average molecular weight is 278 g/mol. The maximum Gasteiger partial charge on any atom is 0.313 e. The molecule has 0 radical (unpaired) electrons. The van der Waals surface area contributed by atoms with Crippen molar-refractivity contribution in [3.8, 4) is 0 Å². The van der Waals surface area contributed by atoms with Crippen molar-refractivity contribution < 1.29 is 14.7 Å². The van der Waals surface area contributed by atoms with Gasteiger partial charge < -0.3 is 15.3 Å². The van der Waals surface area contributed by atoms with Gasteiger partial charge >= 0.3 is 11.8 Å². The number of hydrogen-bond donors (Lipinski definition) is 2. The van der Waals surface area contributed by atoms with Gasteiger partial charge in [0.1, 0.15) is 0 Å². The van der Waals surface area contributed by atoms with E-state index in [1.54, 1.807) is 12.1 Å². The van der Waals surface area contributed by atoms with Crippen molar-refractivity contribution in [1.29, 1.82) is 0 Å². The van der Waals surface area contributed by atoms with E-state index in [9.17, 15) is 9.59 Å². The molecule has 0 aromatic heterocycles. The molecule has 20 heavy (non-hydrogen) atoms. The molecule has 0 aliphatic carbocycles. The minimum atomic E-state index is -0.652. The largest absolute Gasteiger partial charge is 0.396 e. The molecule has 1 rings (SSSR count). The van der Waals surface area contributed by atoms with E-state index in [4.69, 9.17) is 5.11 Å². The van der Waals surface area contributed by atoms with Crippen LogP contribution in [0.15, 0.2) is 24.3 Å². The zero-order valence-electron chi connectivity index (χ0n) is 12.2. The van der Waals surface area contributed by atoms with Gasteiger partial charge in [0.15, 0.2) is 0 Å². The molecule has 1 aromatic rings. The summed E-state index contributed by atoms with van der Waals surface area (Å²) in [5, 5.41) is 11.4. The first-order valence-corrected chi connectivity index (χ1v) is 6.75. The van der Waals surface area contributed by atoms with E-state index in [2.05, 4.69) is 5.32 Å². The van der Waals surface area contributed by atoms with Gasteiger partial charge in [0.25, 0.3) is 0 Å². The summed E-state index contributed by atoms with van der Waals surface area (Å²) in [6.07, 6.45) is 0.460. The molecule has 0 heterocycles. The Bertz CT molecular complexity index is 455. The number of aliphatic hydroxyl groups excluding tert-OH is 1. The van der Waals surface area contributed by atoms with Crippen molar-refractivity contribution in [2.24, 2.45) is 0 Å². The Morgan fingerprint density at radius 3 is 2.35 bits per heavy atom. The monoisotopic (exact) mass is 278 g/mol. The third-order valence-electron chi connectivity index (χ3n) is 2.95. The van der Waals surface area contributed by atoms with Gasteiger partial charge in [0.05, 0.1) is 0 Å². The van der Waals surface area contributed by atoms with Crippen LogP contribution >= 0.6 is 0 Å². The Hall–Kier alpha value is -1.88. The number of anilines is 1. The molecule has 1 aromatic carbocycles. The third-order valence-corrected chi connectivity index (χ3v) is 2.95. The van der Waals surface area contributed by atoms with Crippen LogP contribution in [0.4, 0.5) is 5.69 Å². The number of carbonyl (C=O) groups excluding carboxylic acids is 2. The van der Waals surface area contributed by atoms with E-state index < -0.39 is 11.8 Å². The summed E-state index contributed by atoms with van der Waals surface area (Å²) >= 11 is 0. The normalized spacial score (nSPS) is 10.4. The number of nitrogens with one attached hydrogen (secondary N) is 1. The topological polar surface area (TPSA) is 69.6 Å². The summed E-state index contributed by atoms with van der Waals surface area (Å²) in [7, 11) is 0. The Balaban J connectivity index is 2.68. The number of rotatable bonds is 5. The van der Waals surface area contributed by atoms with Crippen molar-refractivity contribution in [1.82, 2.24) is 4.90 Å². The number of aliphatic hydroxyl groups is 1. The molecule has 2 N–H and O–H groups in total. The molecule has 0 saturated heterocycles. The zero-order valence-corrected chi connectivity index (χ0v) is 12.2. The molecule has 0 atom stereocenters. The fraction of sp³-hybridized carbons (Fsp3) is 0.467. The molecule has 2 amide bonds. The molecule has 0 bridgehead atoms. The predicted octanol–water partition coefficient (Wildman–Crippen LogP) is 1.55. The Labute approximate surface area is 119 Å². The van der Waals surface area contributed by atoms with Gasteiger partial charge in [-0.05, 0) is 39.3 Å². The van der Waals surface area contributed by atoms with Crippen molar-refractivity contribution >= 4 is 17.5 Å². The van der Waals surface area contributed by atoms with Gasteiger partial charge in [0.2, 0.25) is 0 Å². The number of nitrogens with zero attached hydrogens (tertiary/aromatic N) is 1. The molecular formula is C15H22N2O3. The first kappa shape index (κ1) is 16.2. The van der Waals surface area contributed by atoms with Gasteiger partial charge in [-0.3, -0.25) is 9.59 Å². The minimum absolute atomic E-state index is 0.00389. The molecule has 0 saturated carbocycles. The van der Waals surface area contributed by atoms with E-state index in [0.29, 0.717) is 18.7 Å². The molecular weight excluding hydrogens is 256 g/mol. The number of hydrogen-bond acceptors (Lipinski definition) is 3. The number of benzene rings is 1. The summed E-state index contributed by atoms with van der Waals surface area (Å²) in [5.74, 6) is -1.23. The van der Waals surface area contributed by atoms with E-state index >= 15 is 0 Å². The van der Waals surface area contributed by atoms with Crippen LogP contribution in [0.1, 0.15) is 25.8 Å². The molecule has 0 aliphatic rings. The summed E-state index contributed by atoms with van der Waals surface area (Å²) in [4.78, 5) is 25.5. The lowest BCUT2D eigenvalue weighted by Gasteiger charge is -2.25. The van der Waals surface area contributed by atoms with Crippen LogP contribution in [0.5, 0.6) is 0 Å². The fourth-order valence-electron chi connectivity index (χ4n) is 1.79. The van der Waals surface area contributed by atoms with E-state index in [1.807, 2.05) is 32.9 Å². The molecule has 0 aliphatic heterocycles. The van der Waals surface area contributed by atoms with Crippen LogP contribution in [-0.4, -0.2) is 41.0 Å². The number of aryl methyl sites for hydroxylation is 1. The first-order valence-electron chi connectivity index (χ1n) is 6.75. The maximum absolute atomic E-state index is 12.1. The van der Waals surface area contributed by atoms with Crippen LogP contribution in [0, 0.1) is 6.92 Å². The van der Waals surface area contributed by atoms with Crippen LogP contribution in [0.2, 0.25) is 0 Å². The van der Waals surface area contributed by atoms with Crippen LogP contribution in [0.25, 0.3) is 0 Å². The maximum atomic E-state index is 12.1. The predicted molar refractivity (Wildman–Crippen MR) is 78.4 cm³/mol. The fourth-order valence-corrected chi connectivity index (χ4v) is 1.79. The average Bonchev–Trinajstić information content (AvgIpc) is 2.41. The smallest absolute Gasteiger partial charge is 0.313 e. The zero-order chi connectivity index (χ0) is 15.1. The highest BCUT2D eigenvalue weighted by molar-refractivity contribution is 6.39. The van der Waals surface area contributed by atoms with Crippen LogP contribution in [0.3, 0.4) is 0 Å². The van der Waals surface area contributed by atoms with Crippen LogP contribution in [-0.2, 0) is 9.59 Å². The number of carbonyl (C=O) groups is 2. The minimum Gasteiger partial charge on any atom is -0.396 e. The summed E-state index contributed by atoms with van der Waals surface area (Å²) in [5.41, 5.74) is 1.68. The molecule has 0 spiro atoms. The first-order chi connectivity index (χ1) is 9.45. The van der Waals surface area contributed by atoms with Crippen molar-refractivity contribution in [3.63, 3.8) is 0 Å². The Morgan fingerprint density at radius 2 is 1.85 bits per heavy atom. The molecule has 0 fully saturated rings. The molecule has 5 heteroatoms. The quantitative estimate of drug-likeness (QED) is 0.803. The van der Waals surface area contributed by atoms with E-state index in [-0.39, 0.29) is 12.6 Å². The van der Waals surface area contributed by atoms with Gasteiger partial charge in [-0.25, -0.2) is 0 Å². The van der Waals surface area contributed by atoms with Gasteiger partial charge in [-0.1, -0.05) is 17.7 Å². The van der Waals surface area contributed by atoms with E-state index in [0.717, 1.165) is 5.56 Å². The second-order valence-electron chi connectivity index (χ2n) is 4.99. The third kappa shape index (κ3) is 4.66. The lowest BCUT2D eigenvalue weighted by Crippen LogP contribution is -2.44. The van der Waals surface area contributed by atoms with E-state index in [1.165, 1.54) is 4.90 Å². The molecule has 110 valence electrons. The second kappa shape index (κ2) is 7.65. The Morgan fingerprint density at radius 1 is 1.25 bits per heavy atom. The molecule has 5 nitrogen and oxygen atoms in total. The van der Waals surface area contributed by atoms with Crippen molar-refractivity contribution in [2.75, 3.05) is 18.5 Å². The highest BCUT2D eigenvalue weighted by Crippen LogP contribution is 2.09. The SMILES string of the molecule is Cc1ccc(NC(=O)C(=O)N(CCCO)C(C)C)cc1. The standard InChI is InChI=1S/C15H22N2O3/c1-11(2)17(9-4-10-18)15(20)14(19)16-13-7-5-12(3)6-8-13/h5-8,11,18H,4,9-10H2,1-3H3,(H,16,19).